The van der Waals surface area contributed by atoms with Crippen LogP contribution in [-0.4, -0.2) is 22.0 Å². The van der Waals surface area contributed by atoms with E-state index in [1.54, 1.807) is 17.4 Å². The molecule has 0 fully saturated rings. The lowest BCUT2D eigenvalue weighted by atomic mass is 9.91. The molecule has 7 heteroatoms. The lowest BCUT2D eigenvalue weighted by Crippen LogP contribution is -2.50. The van der Waals surface area contributed by atoms with E-state index >= 15 is 0 Å². The number of fused-ring (bicyclic) bond motifs is 1. The number of aliphatic carboxylic acids is 1. The second kappa shape index (κ2) is 6.66. The quantitative estimate of drug-likeness (QED) is 0.706. The van der Waals surface area contributed by atoms with Gasteiger partial charge in [0.1, 0.15) is 5.01 Å². The highest BCUT2D eigenvalue weighted by Gasteiger charge is 2.46. The minimum Gasteiger partial charge on any atom is -0.479 e. The average molecular weight is 384 g/mol. The number of hydrogen-bond acceptors (Lipinski definition) is 5. The molecule has 2 N–H and O–H groups in total. The molecule has 0 saturated heterocycles. The van der Waals surface area contributed by atoms with Crippen LogP contribution in [0, 0.1) is 0 Å². The van der Waals surface area contributed by atoms with Crippen molar-refractivity contribution in [2.24, 2.45) is 0 Å². The zero-order valence-corrected chi connectivity index (χ0v) is 15.4. The van der Waals surface area contributed by atoms with Crippen LogP contribution in [0.4, 0.5) is 0 Å². The number of carboxylic acids is 1. The van der Waals surface area contributed by atoms with Crippen LogP contribution >= 0.6 is 22.7 Å². The summed E-state index contributed by atoms with van der Waals surface area (Å²) in [5.74, 6) is -1.35. The number of aromatic nitrogens is 1. The van der Waals surface area contributed by atoms with Gasteiger partial charge >= 0.3 is 5.97 Å². The van der Waals surface area contributed by atoms with Crippen LogP contribution in [0.15, 0.2) is 47.2 Å². The Hall–Kier alpha value is -2.51. The second-order valence-electron chi connectivity index (χ2n) is 6.21. The largest absolute Gasteiger partial charge is 0.479 e. The molecule has 4 rings (SSSR count). The minimum absolute atomic E-state index is 0.0685. The molecule has 5 nitrogen and oxygen atoms in total. The first-order chi connectivity index (χ1) is 12.6. The van der Waals surface area contributed by atoms with E-state index in [4.69, 9.17) is 0 Å². The molecular formula is C19H16N2O3S2. The Kier molecular flexibility index (Phi) is 4.34. The van der Waals surface area contributed by atoms with Crippen molar-refractivity contribution in [3.05, 3.63) is 64.0 Å². The van der Waals surface area contributed by atoms with Crippen LogP contribution in [-0.2, 0) is 28.0 Å². The summed E-state index contributed by atoms with van der Waals surface area (Å²) in [6.07, 6.45) is 1.08. The molecule has 3 aromatic rings. The van der Waals surface area contributed by atoms with Crippen molar-refractivity contribution in [2.75, 3.05) is 0 Å². The Morgan fingerprint density at radius 3 is 2.81 bits per heavy atom. The predicted molar refractivity (Wildman–Crippen MR) is 101 cm³/mol. The monoisotopic (exact) mass is 384 g/mol. The van der Waals surface area contributed by atoms with Crippen LogP contribution < -0.4 is 5.32 Å². The molecule has 0 spiro atoms. The van der Waals surface area contributed by atoms with Gasteiger partial charge in [0.25, 0.3) is 0 Å². The van der Waals surface area contributed by atoms with Crippen LogP contribution in [0.5, 0.6) is 0 Å². The molecule has 0 aliphatic heterocycles. The van der Waals surface area contributed by atoms with Gasteiger partial charge in [-0.2, -0.15) is 0 Å². The number of nitrogens with zero attached hydrogens (tertiary/aromatic N) is 1. The fraction of sp³-hybridized carbons (Fsp3) is 0.211. The van der Waals surface area contributed by atoms with Gasteiger partial charge in [0.05, 0.1) is 17.0 Å². The van der Waals surface area contributed by atoms with Gasteiger partial charge in [-0.15, -0.1) is 22.7 Å². The minimum atomic E-state index is -1.35. The molecule has 1 aromatic carbocycles. The number of benzene rings is 1. The molecule has 132 valence electrons. The highest BCUT2D eigenvalue weighted by Crippen LogP contribution is 2.37. The summed E-state index contributed by atoms with van der Waals surface area (Å²) >= 11 is 3.09. The Morgan fingerprint density at radius 2 is 2.04 bits per heavy atom. The number of thiophene rings is 1. The molecule has 0 saturated carbocycles. The molecule has 26 heavy (non-hydrogen) atoms. The van der Waals surface area contributed by atoms with E-state index in [1.165, 1.54) is 11.3 Å². The van der Waals surface area contributed by atoms with Gasteiger partial charge < -0.3 is 10.4 Å². The normalized spacial score (nSPS) is 18.5. The number of amides is 1. The van der Waals surface area contributed by atoms with E-state index in [2.05, 4.69) is 10.3 Å². The van der Waals surface area contributed by atoms with E-state index in [0.717, 1.165) is 15.4 Å². The van der Waals surface area contributed by atoms with Gasteiger partial charge in [-0.25, -0.2) is 9.78 Å². The Balaban J connectivity index is 1.53. The van der Waals surface area contributed by atoms with Gasteiger partial charge in [-0.05, 0) is 35.4 Å². The molecule has 1 atom stereocenters. The van der Waals surface area contributed by atoms with Crippen molar-refractivity contribution >= 4 is 34.6 Å². The third kappa shape index (κ3) is 2.93. The van der Waals surface area contributed by atoms with Crippen molar-refractivity contribution in [1.29, 1.82) is 0 Å². The maximum Gasteiger partial charge on any atom is 0.334 e. The number of hydrogen-bond donors (Lipinski definition) is 2. The highest BCUT2D eigenvalue weighted by atomic mass is 32.1. The van der Waals surface area contributed by atoms with E-state index in [9.17, 15) is 14.7 Å². The molecule has 0 radical (unpaired) electrons. The Morgan fingerprint density at radius 1 is 1.19 bits per heavy atom. The molecular weight excluding hydrogens is 368 g/mol. The lowest BCUT2D eigenvalue weighted by Gasteiger charge is -2.27. The summed E-state index contributed by atoms with van der Waals surface area (Å²) in [5.41, 5.74) is 0.963. The van der Waals surface area contributed by atoms with Crippen LogP contribution in [0.25, 0.3) is 9.88 Å². The van der Waals surface area contributed by atoms with Gasteiger partial charge in [0.15, 0.2) is 5.54 Å². The zero-order valence-electron chi connectivity index (χ0n) is 13.8. The first kappa shape index (κ1) is 16.9. The predicted octanol–water partition coefficient (Wildman–Crippen LogP) is 3.46. The molecule has 1 aliphatic rings. The fourth-order valence-corrected chi connectivity index (χ4v) is 5.00. The van der Waals surface area contributed by atoms with Crippen molar-refractivity contribution in [2.45, 2.75) is 24.8 Å². The van der Waals surface area contributed by atoms with E-state index in [0.29, 0.717) is 24.1 Å². The lowest BCUT2D eigenvalue weighted by molar-refractivity contribution is -0.148. The summed E-state index contributed by atoms with van der Waals surface area (Å²) in [6, 6.07) is 11.3. The number of carboxylic acid groups (broad SMARTS) is 1. The third-order valence-electron chi connectivity index (χ3n) is 4.59. The van der Waals surface area contributed by atoms with Gasteiger partial charge in [-0.3, -0.25) is 4.79 Å². The summed E-state index contributed by atoms with van der Waals surface area (Å²) in [4.78, 5) is 30.1. The maximum atomic E-state index is 12.6. The van der Waals surface area contributed by atoms with Crippen LogP contribution in [0.1, 0.15) is 23.2 Å². The first-order valence-electron chi connectivity index (χ1n) is 8.19. The molecule has 1 amide bonds. The molecule has 2 heterocycles. The summed E-state index contributed by atoms with van der Waals surface area (Å²) in [7, 11) is 0. The molecule has 1 aliphatic carbocycles. The van der Waals surface area contributed by atoms with E-state index < -0.39 is 11.5 Å². The standard InChI is InChI=1S/C19H16N2O3S2/c22-16(10-13-11-26-17(20-13)15-6-3-9-25-15)21-19(18(23)24)8-7-12-4-1-2-5-14(12)19/h1-6,9,11H,7-8,10H2,(H,21,22)(H,23,24). The number of rotatable bonds is 5. The Labute approximate surface area is 158 Å². The van der Waals surface area contributed by atoms with Crippen LogP contribution in [0.2, 0.25) is 0 Å². The van der Waals surface area contributed by atoms with Gasteiger partial charge in [0, 0.05) is 5.38 Å². The fourth-order valence-electron chi connectivity index (χ4n) is 3.37. The maximum absolute atomic E-state index is 12.6. The molecule has 2 aromatic heterocycles. The smallest absolute Gasteiger partial charge is 0.334 e. The first-order valence-corrected chi connectivity index (χ1v) is 9.95. The number of aryl methyl sites for hydroxylation is 1. The van der Waals surface area contributed by atoms with Gasteiger partial charge in [-0.1, -0.05) is 30.3 Å². The topological polar surface area (TPSA) is 79.3 Å². The van der Waals surface area contributed by atoms with Crippen molar-refractivity contribution in [1.82, 2.24) is 10.3 Å². The number of nitrogens with one attached hydrogen (secondary N) is 1. The number of carbonyl (C=O) groups is 2. The summed E-state index contributed by atoms with van der Waals surface area (Å²) in [5, 5.41) is 17.3. The second-order valence-corrected chi connectivity index (χ2v) is 8.02. The van der Waals surface area contributed by atoms with Crippen LogP contribution in [0.3, 0.4) is 0 Å². The molecule has 0 bridgehead atoms. The van der Waals surface area contributed by atoms with Gasteiger partial charge in [0.2, 0.25) is 5.91 Å². The third-order valence-corrected chi connectivity index (χ3v) is 6.52. The summed E-state index contributed by atoms with van der Waals surface area (Å²) in [6.45, 7) is 0. The highest BCUT2D eigenvalue weighted by molar-refractivity contribution is 7.20. The van der Waals surface area contributed by atoms with Crippen molar-refractivity contribution < 1.29 is 14.7 Å². The Bertz CT molecular complexity index is 965. The van der Waals surface area contributed by atoms with Crippen molar-refractivity contribution in [3.8, 4) is 9.88 Å². The average Bonchev–Trinajstić information content (AvgIpc) is 3.35. The number of thiazole rings is 1. The zero-order chi connectivity index (χ0) is 18.1. The molecule has 1 unspecified atom stereocenters. The van der Waals surface area contributed by atoms with E-state index in [1.807, 2.05) is 41.1 Å². The number of carbonyl (C=O) groups excluding carboxylic acids is 1. The SMILES string of the molecule is O=C(Cc1csc(-c2cccs2)n1)NC1(C(=O)O)CCc2ccccc21. The summed E-state index contributed by atoms with van der Waals surface area (Å²) < 4.78 is 0. The van der Waals surface area contributed by atoms with E-state index in [-0.39, 0.29) is 12.3 Å². The van der Waals surface area contributed by atoms with Crippen molar-refractivity contribution in [3.63, 3.8) is 0 Å².